The van der Waals surface area contributed by atoms with Gasteiger partial charge in [-0.2, -0.15) is 0 Å². The van der Waals surface area contributed by atoms with Gasteiger partial charge in [-0.3, -0.25) is 4.79 Å². The molecule has 3 amide bonds. The van der Waals surface area contributed by atoms with Crippen LogP contribution in [-0.4, -0.2) is 34.8 Å². The van der Waals surface area contributed by atoms with Crippen molar-refractivity contribution in [2.24, 2.45) is 5.92 Å². The second-order valence-corrected chi connectivity index (χ2v) is 10.6. The van der Waals surface area contributed by atoms with Gasteiger partial charge in [0.15, 0.2) is 0 Å². The molecule has 1 N–H and O–H groups in total. The van der Waals surface area contributed by atoms with Gasteiger partial charge in [0.1, 0.15) is 6.54 Å². The van der Waals surface area contributed by atoms with E-state index in [1.807, 2.05) is 67.3 Å². The number of aryl methyl sites for hydroxylation is 3. The van der Waals surface area contributed by atoms with Gasteiger partial charge in [0.25, 0.3) is 0 Å². The van der Waals surface area contributed by atoms with Gasteiger partial charge in [-0.25, -0.2) is 4.79 Å². The van der Waals surface area contributed by atoms with Crippen molar-refractivity contribution < 1.29 is 9.59 Å². The van der Waals surface area contributed by atoms with Gasteiger partial charge in [-0.15, -0.1) is 11.3 Å². The Morgan fingerprint density at radius 2 is 1.62 bits per heavy atom. The maximum Gasteiger partial charge on any atom is 0.322 e. The van der Waals surface area contributed by atoms with Crippen molar-refractivity contribution in [2.45, 2.75) is 47.7 Å². The first-order chi connectivity index (χ1) is 16.2. The van der Waals surface area contributed by atoms with Crippen LogP contribution in [0.3, 0.4) is 0 Å². The first kappa shape index (κ1) is 25.5. The van der Waals surface area contributed by atoms with Crippen LogP contribution in [0.15, 0.2) is 60.7 Å². The molecule has 0 radical (unpaired) electrons. The number of hydrogen-bond acceptors (Lipinski definition) is 3. The number of urea groups is 1. The van der Waals surface area contributed by atoms with E-state index in [4.69, 9.17) is 0 Å². The van der Waals surface area contributed by atoms with E-state index < -0.39 is 0 Å². The average molecular weight is 478 g/mol. The fourth-order valence-electron chi connectivity index (χ4n) is 3.74. The van der Waals surface area contributed by atoms with Gasteiger partial charge < -0.3 is 15.1 Å². The number of benzene rings is 2. The highest BCUT2D eigenvalue weighted by atomic mass is 32.1. The molecule has 5 nitrogen and oxygen atoms in total. The second-order valence-electron chi connectivity index (χ2n) is 9.25. The summed E-state index contributed by atoms with van der Waals surface area (Å²) in [6.07, 6.45) is 0. The van der Waals surface area contributed by atoms with Gasteiger partial charge >= 0.3 is 6.03 Å². The molecule has 1 heterocycles. The predicted molar refractivity (Wildman–Crippen MR) is 141 cm³/mol. The van der Waals surface area contributed by atoms with Gasteiger partial charge in [0.05, 0.1) is 6.54 Å². The monoisotopic (exact) mass is 477 g/mol. The highest BCUT2D eigenvalue weighted by molar-refractivity contribution is 7.11. The summed E-state index contributed by atoms with van der Waals surface area (Å²) in [4.78, 5) is 32.5. The number of carbonyl (C=O) groups excluding carboxylic acids is 2. The van der Waals surface area contributed by atoms with Crippen LogP contribution in [0.25, 0.3) is 0 Å². The lowest BCUT2D eigenvalue weighted by Gasteiger charge is -2.29. The van der Waals surface area contributed by atoms with E-state index in [1.165, 1.54) is 10.4 Å². The molecule has 0 bridgehead atoms. The molecule has 0 unspecified atom stereocenters. The number of hydrogen-bond donors (Lipinski definition) is 1. The maximum absolute atomic E-state index is 13.5. The minimum Gasteiger partial charge on any atom is -0.332 e. The summed E-state index contributed by atoms with van der Waals surface area (Å²) in [6.45, 7) is 11.8. The van der Waals surface area contributed by atoms with Crippen molar-refractivity contribution in [2.75, 3.05) is 18.4 Å². The van der Waals surface area contributed by atoms with Crippen molar-refractivity contribution in [3.8, 4) is 0 Å². The zero-order valence-electron chi connectivity index (χ0n) is 20.8. The summed E-state index contributed by atoms with van der Waals surface area (Å²) in [7, 11) is 0. The van der Waals surface area contributed by atoms with Crippen LogP contribution < -0.4 is 5.32 Å². The van der Waals surface area contributed by atoms with Crippen molar-refractivity contribution in [1.82, 2.24) is 9.80 Å². The highest BCUT2D eigenvalue weighted by Crippen LogP contribution is 2.20. The van der Waals surface area contributed by atoms with Crippen LogP contribution in [-0.2, 0) is 17.9 Å². The quantitative estimate of drug-likeness (QED) is 0.388. The molecular formula is C28H35N3O2S. The normalized spacial score (nSPS) is 10.9. The highest BCUT2D eigenvalue weighted by Gasteiger charge is 2.23. The topological polar surface area (TPSA) is 52.7 Å². The standard InChI is InChI=1S/C28H35N3O2S/c1-20(2)16-31(28(33)29-25-13-11-21(3)22(4)15-25)19-27(32)30(17-24-9-7-6-8-10-24)18-26-14-12-23(5)34-26/h6-15,20H,16-19H2,1-5H3,(H,29,33). The Balaban J connectivity index is 1.77. The molecule has 6 heteroatoms. The minimum atomic E-state index is -0.253. The van der Waals surface area contributed by atoms with E-state index in [1.54, 1.807) is 16.2 Å². The molecule has 0 aliphatic carbocycles. The summed E-state index contributed by atoms with van der Waals surface area (Å²) < 4.78 is 0. The third-order valence-corrected chi connectivity index (χ3v) is 6.65. The van der Waals surface area contributed by atoms with Crippen LogP contribution >= 0.6 is 11.3 Å². The zero-order chi connectivity index (χ0) is 24.7. The molecule has 3 aromatic rings. The fraction of sp³-hybridized carbons (Fsp3) is 0.357. The van der Waals surface area contributed by atoms with Gasteiger partial charge in [0.2, 0.25) is 5.91 Å². The van der Waals surface area contributed by atoms with Crippen LogP contribution in [0.2, 0.25) is 0 Å². The number of nitrogens with zero attached hydrogens (tertiary/aromatic N) is 2. The van der Waals surface area contributed by atoms with E-state index in [-0.39, 0.29) is 24.4 Å². The fourth-order valence-corrected chi connectivity index (χ4v) is 4.65. The van der Waals surface area contributed by atoms with Crippen LogP contribution in [0.5, 0.6) is 0 Å². The minimum absolute atomic E-state index is 0.0338. The number of rotatable bonds is 9. The summed E-state index contributed by atoms with van der Waals surface area (Å²) in [5.74, 6) is 0.173. The lowest BCUT2D eigenvalue weighted by Crippen LogP contribution is -2.45. The van der Waals surface area contributed by atoms with Crippen LogP contribution in [0, 0.1) is 26.7 Å². The molecular weight excluding hydrogens is 442 g/mol. The molecule has 0 fully saturated rings. The SMILES string of the molecule is Cc1ccc(CN(Cc2ccccc2)C(=O)CN(CC(C)C)C(=O)Nc2ccc(C)c(C)c2)s1. The Hall–Kier alpha value is -3.12. The molecule has 0 atom stereocenters. The van der Waals surface area contributed by atoms with Crippen molar-refractivity contribution in [3.05, 3.63) is 87.1 Å². The van der Waals surface area contributed by atoms with E-state index >= 15 is 0 Å². The number of carbonyl (C=O) groups is 2. The zero-order valence-corrected chi connectivity index (χ0v) is 21.6. The van der Waals surface area contributed by atoms with Crippen molar-refractivity contribution in [3.63, 3.8) is 0 Å². The first-order valence-corrected chi connectivity index (χ1v) is 12.5. The van der Waals surface area contributed by atoms with Crippen LogP contribution in [0.4, 0.5) is 10.5 Å². The first-order valence-electron chi connectivity index (χ1n) is 11.7. The summed E-state index contributed by atoms with van der Waals surface area (Å²) in [5, 5.41) is 2.98. The Labute approximate surface area is 207 Å². The summed E-state index contributed by atoms with van der Waals surface area (Å²) in [5.41, 5.74) is 4.10. The van der Waals surface area contributed by atoms with E-state index in [0.29, 0.717) is 19.6 Å². The average Bonchev–Trinajstić information content (AvgIpc) is 3.20. The van der Waals surface area contributed by atoms with E-state index in [0.717, 1.165) is 21.7 Å². The number of anilines is 1. The molecule has 180 valence electrons. The number of amides is 3. The molecule has 0 aliphatic rings. The Morgan fingerprint density at radius 1 is 0.882 bits per heavy atom. The molecule has 3 rings (SSSR count). The predicted octanol–water partition coefficient (Wildman–Crippen LogP) is 6.39. The summed E-state index contributed by atoms with van der Waals surface area (Å²) >= 11 is 1.70. The summed E-state index contributed by atoms with van der Waals surface area (Å²) in [6, 6.07) is 19.7. The lowest BCUT2D eigenvalue weighted by molar-refractivity contribution is -0.133. The largest absolute Gasteiger partial charge is 0.332 e. The molecule has 0 saturated carbocycles. The van der Waals surface area contributed by atoms with Gasteiger partial charge in [-0.1, -0.05) is 50.2 Å². The van der Waals surface area contributed by atoms with Crippen molar-refractivity contribution >= 4 is 29.0 Å². The molecule has 1 aromatic heterocycles. The van der Waals surface area contributed by atoms with Crippen LogP contribution in [0.1, 0.15) is 40.3 Å². The third-order valence-electron chi connectivity index (χ3n) is 5.67. The molecule has 2 aromatic carbocycles. The number of nitrogens with one attached hydrogen (secondary N) is 1. The Kier molecular flexibility index (Phi) is 8.88. The Morgan fingerprint density at radius 3 is 2.24 bits per heavy atom. The molecule has 0 aliphatic heterocycles. The molecule has 0 saturated heterocycles. The maximum atomic E-state index is 13.5. The van der Waals surface area contributed by atoms with E-state index in [2.05, 4.69) is 38.2 Å². The Bertz CT molecular complexity index is 1110. The smallest absolute Gasteiger partial charge is 0.322 e. The molecule has 34 heavy (non-hydrogen) atoms. The van der Waals surface area contributed by atoms with E-state index in [9.17, 15) is 9.59 Å². The number of thiophene rings is 1. The third kappa shape index (κ3) is 7.45. The second kappa shape index (κ2) is 11.8. The lowest BCUT2D eigenvalue weighted by atomic mass is 10.1. The van der Waals surface area contributed by atoms with Gasteiger partial charge in [0, 0.05) is 28.5 Å². The van der Waals surface area contributed by atoms with Gasteiger partial charge in [-0.05, 0) is 67.6 Å². The van der Waals surface area contributed by atoms with Crippen molar-refractivity contribution in [1.29, 1.82) is 0 Å². The molecule has 0 spiro atoms.